The van der Waals surface area contributed by atoms with Crippen LogP contribution < -0.4 is 0 Å². The summed E-state index contributed by atoms with van der Waals surface area (Å²) in [6, 6.07) is 8.57. The average Bonchev–Trinajstić information content (AvgIpc) is 2.81. The zero-order valence-electron chi connectivity index (χ0n) is 9.37. The van der Waals surface area contributed by atoms with Gasteiger partial charge in [-0.25, -0.2) is 0 Å². The van der Waals surface area contributed by atoms with Crippen LogP contribution in [-0.2, 0) is 0 Å². The van der Waals surface area contributed by atoms with Crippen LogP contribution in [0.15, 0.2) is 42.5 Å². The summed E-state index contributed by atoms with van der Waals surface area (Å²) in [6.45, 7) is 6.19. The van der Waals surface area contributed by atoms with Crippen molar-refractivity contribution in [1.29, 1.82) is 0 Å². The summed E-state index contributed by atoms with van der Waals surface area (Å²) < 4.78 is 0. The molecule has 0 spiro atoms. The Morgan fingerprint density at radius 2 is 2.13 bits per heavy atom. The molecule has 1 aromatic rings. The highest BCUT2D eigenvalue weighted by Crippen LogP contribution is 2.33. The summed E-state index contributed by atoms with van der Waals surface area (Å²) in [5.41, 5.74) is 4.29. The summed E-state index contributed by atoms with van der Waals surface area (Å²) in [4.78, 5) is 0. The molecule has 0 heterocycles. The van der Waals surface area contributed by atoms with Crippen LogP contribution >= 0.6 is 0 Å². The fraction of sp³-hybridized carbons (Fsp3) is 0.333. The lowest BCUT2D eigenvalue weighted by Gasteiger charge is -2.16. The number of benzene rings is 1. The van der Waals surface area contributed by atoms with Gasteiger partial charge in [-0.2, -0.15) is 0 Å². The third-order valence-corrected chi connectivity index (χ3v) is 3.31. The van der Waals surface area contributed by atoms with Gasteiger partial charge in [0.05, 0.1) is 0 Å². The molecule has 0 heteroatoms. The maximum atomic E-state index is 3.88. The van der Waals surface area contributed by atoms with Gasteiger partial charge in [-0.15, -0.1) is 0 Å². The van der Waals surface area contributed by atoms with Crippen molar-refractivity contribution in [1.82, 2.24) is 0 Å². The van der Waals surface area contributed by atoms with Crippen LogP contribution in [0.5, 0.6) is 0 Å². The fourth-order valence-electron chi connectivity index (χ4n) is 2.38. The molecule has 0 fully saturated rings. The summed E-state index contributed by atoms with van der Waals surface area (Å²) in [5, 5.41) is 0. The second-order valence-corrected chi connectivity index (χ2v) is 4.23. The Labute approximate surface area is 92.3 Å². The van der Waals surface area contributed by atoms with E-state index >= 15 is 0 Å². The molecular formula is C15H18. The SMILES string of the molecule is C=Cc1ccccc1C(C)C1=CCCC1. The smallest absolute Gasteiger partial charge is 0.00257 e. The van der Waals surface area contributed by atoms with E-state index in [2.05, 4.69) is 43.8 Å². The quantitative estimate of drug-likeness (QED) is 0.625. The lowest BCUT2D eigenvalue weighted by Crippen LogP contribution is -1.98. The zero-order valence-corrected chi connectivity index (χ0v) is 9.37. The maximum Gasteiger partial charge on any atom is 0.00257 e. The Kier molecular flexibility index (Phi) is 3.05. The van der Waals surface area contributed by atoms with Crippen molar-refractivity contribution >= 4 is 6.08 Å². The molecule has 0 bridgehead atoms. The van der Waals surface area contributed by atoms with Crippen molar-refractivity contribution < 1.29 is 0 Å². The zero-order chi connectivity index (χ0) is 10.7. The van der Waals surface area contributed by atoms with Crippen molar-refractivity contribution in [3.63, 3.8) is 0 Å². The van der Waals surface area contributed by atoms with E-state index in [4.69, 9.17) is 0 Å². The second kappa shape index (κ2) is 4.48. The van der Waals surface area contributed by atoms with Gasteiger partial charge in [0.2, 0.25) is 0 Å². The molecule has 0 aromatic heterocycles. The number of hydrogen-bond donors (Lipinski definition) is 0. The van der Waals surface area contributed by atoms with E-state index in [9.17, 15) is 0 Å². The molecule has 0 N–H and O–H groups in total. The molecule has 0 saturated heterocycles. The van der Waals surface area contributed by atoms with Crippen LogP contribution in [0.4, 0.5) is 0 Å². The molecule has 0 aliphatic heterocycles. The van der Waals surface area contributed by atoms with Gasteiger partial charge < -0.3 is 0 Å². The van der Waals surface area contributed by atoms with Gasteiger partial charge in [0.1, 0.15) is 0 Å². The van der Waals surface area contributed by atoms with Crippen molar-refractivity contribution in [2.45, 2.75) is 32.1 Å². The minimum atomic E-state index is 0.557. The van der Waals surface area contributed by atoms with E-state index in [-0.39, 0.29) is 0 Å². The van der Waals surface area contributed by atoms with Crippen LogP contribution in [0.25, 0.3) is 6.08 Å². The first-order valence-electron chi connectivity index (χ1n) is 5.73. The molecule has 0 nitrogen and oxygen atoms in total. The highest BCUT2D eigenvalue weighted by Gasteiger charge is 2.15. The van der Waals surface area contributed by atoms with Crippen molar-refractivity contribution in [3.05, 3.63) is 53.6 Å². The number of allylic oxidation sites excluding steroid dienone is 2. The molecule has 15 heavy (non-hydrogen) atoms. The van der Waals surface area contributed by atoms with Crippen LogP contribution in [0.1, 0.15) is 43.2 Å². The molecule has 1 atom stereocenters. The Balaban J connectivity index is 2.31. The average molecular weight is 198 g/mol. The number of hydrogen-bond acceptors (Lipinski definition) is 0. The molecule has 1 unspecified atom stereocenters. The number of rotatable bonds is 3. The highest BCUT2D eigenvalue weighted by atomic mass is 14.2. The van der Waals surface area contributed by atoms with Gasteiger partial charge in [0.25, 0.3) is 0 Å². The Bertz CT molecular complexity index is 385. The van der Waals surface area contributed by atoms with E-state index in [0.717, 1.165) is 0 Å². The van der Waals surface area contributed by atoms with Gasteiger partial charge in [0.15, 0.2) is 0 Å². The van der Waals surface area contributed by atoms with Gasteiger partial charge >= 0.3 is 0 Å². The first-order chi connectivity index (χ1) is 7.33. The van der Waals surface area contributed by atoms with Crippen LogP contribution in [-0.4, -0.2) is 0 Å². The first-order valence-corrected chi connectivity index (χ1v) is 5.73. The summed E-state index contributed by atoms with van der Waals surface area (Å²) in [5.74, 6) is 0.557. The third-order valence-electron chi connectivity index (χ3n) is 3.31. The molecule has 0 radical (unpaired) electrons. The summed E-state index contributed by atoms with van der Waals surface area (Å²) >= 11 is 0. The highest BCUT2D eigenvalue weighted by molar-refractivity contribution is 5.54. The maximum absolute atomic E-state index is 3.88. The van der Waals surface area contributed by atoms with Crippen LogP contribution in [0.3, 0.4) is 0 Å². The van der Waals surface area contributed by atoms with Crippen molar-refractivity contribution in [3.8, 4) is 0 Å². The Morgan fingerprint density at radius 1 is 1.33 bits per heavy atom. The molecule has 1 aliphatic carbocycles. The topological polar surface area (TPSA) is 0 Å². The van der Waals surface area contributed by atoms with Gasteiger partial charge in [0, 0.05) is 5.92 Å². The molecule has 1 aromatic carbocycles. The molecule has 0 saturated carbocycles. The predicted octanol–water partition coefficient (Wildman–Crippen LogP) is 4.54. The molecule has 2 rings (SSSR count). The van der Waals surface area contributed by atoms with Crippen LogP contribution in [0.2, 0.25) is 0 Å². The van der Waals surface area contributed by atoms with E-state index in [1.54, 1.807) is 5.57 Å². The normalized spacial score (nSPS) is 17.3. The fourth-order valence-corrected chi connectivity index (χ4v) is 2.38. The lowest BCUT2D eigenvalue weighted by molar-refractivity contribution is 0.811. The van der Waals surface area contributed by atoms with Gasteiger partial charge in [-0.1, -0.05) is 55.5 Å². The van der Waals surface area contributed by atoms with E-state index < -0.39 is 0 Å². The Morgan fingerprint density at radius 3 is 2.80 bits per heavy atom. The third kappa shape index (κ3) is 2.04. The minimum absolute atomic E-state index is 0.557. The summed E-state index contributed by atoms with van der Waals surface area (Å²) in [7, 11) is 0. The van der Waals surface area contributed by atoms with E-state index in [1.807, 2.05) is 6.08 Å². The van der Waals surface area contributed by atoms with E-state index in [0.29, 0.717) is 5.92 Å². The lowest BCUT2D eigenvalue weighted by atomic mass is 9.89. The van der Waals surface area contributed by atoms with Gasteiger partial charge in [-0.05, 0) is 30.4 Å². The summed E-state index contributed by atoms with van der Waals surface area (Å²) in [6.07, 6.45) is 8.23. The van der Waals surface area contributed by atoms with Crippen molar-refractivity contribution in [2.24, 2.45) is 0 Å². The predicted molar refractivity (Wildman–Crippen MR) is 66.9 cm³/mol. The van der Waals surface area contributed by atoms with E-state index in [1.165, 1.54) is 30.4 Å². The van der Waals surface area contributed by atoms with Crippen molar-refractivity contribution in [2.75, 3.05) is 0 Å². The standard InChI is InChI=1S/C15H18/c1-3-13-8-6-7-11-15(13)12(2)14-9-4-5-10-14/h3,6-9,11-12H,1,4-5,10H2,2H3. The minimum Gasteiger partial charge on any atom is -0.0985 e. The molecule has 0 amide bonds. The Hall–Kier alpha value is -1.30. The molecule has 1 aliphatic rings. The second-order valence-electron chi connectivity index (χ2n) is 4.23. The van der Waals surface area contributed by atoms with Crippen LogP contribution in [0, 0.1) is 0 Å². The monoisotopic (exact) mass is 198 g/mol. The largest absolute Gasteiger partial charge is 0.0985 e. The molecular weight excluding hydrogens is 180 g/mol. The van der Waals surface area contributed by atoms with Gasteiger partial charge in [-0.3, -0.25) is 0 Å². The first kappa shape index (κ1) is 10.2. The molecule has 78 valence electrons.